The van der Waals surface area contributed by atoms with Crippen LogP contribution >= 0.6 is 0 Å². The molecule has 0 unspecified atom stereocenters. The van der Waals surface area contributed by atoms with E-state index in [4.69, 9.17) is 0 Å². The van der Waals surface area contributed by atoms with Gasteiger partial charge in [-0.25, -0.2) is 0 Å². The highest BCUT2D eigenvalue weighted by Crippen LogP contribution is 2.18. The number of rotatable bonds is 5. The van der Waals surface area contributed by atoms with Crippen LogP contribution in [0.25, 0.3) is 0 Å². The van der Waals surface area contributed by atoms with Crippen LogP contribution in [-0.4, -0.2) is 55.2 Å². The summed E-state index contributed by atoms with van der Waals surface area (Å²) in [6.45, 7) is 7.31. The Labute approximate surface area is 122 Å². The molecule has 0 amide bonds. The molecule has 0 saturated carbocycles. The highest BCUT2D eigenvalue weighted by molar-refractivity contribution is 5.44. The van der Waals surface area contributed by atoms with Crippen molar-refractivity contribution >= 4 is 5.69 Å². The van der Waals surface area contributed by atoms with Gasteiger partial charge in [0.2, 0.25) is 0 Å². The van der Waals surface area contributed by atoms with Gasteiger partial charge >= 0.3 is 0 Å². The minimum Gasteiger partial charge on any atom is -0.371 e. The van der Waals surface area contributed by atoms with Crippen LogP contribution in [0.15, 0.2) is 24.5 Å². The number of hydrogen-bond acceptors (Lipinski definition) is 4. The van der Waals surface area contributed by atoms with Crippen molar-refractivity contribution in [3.05, 3.63) is 24.5 Å². The van der Waals surface area contributed by atoms with E-state index in [0.717, 1.165) is 19.6 Å². The number of pyridine rings is 1. The van der Waals surface area contributed by atoms with Crippen LogP contribution < -0.4 is 10.2 Å². The first-order valence-electron chi connectivity index (χ1n) is 8.02. The fraction of sp³-hybridized carbons (Fsp3) is 0.688. The maximum absolute atomic E-state index is 4.09. The van der Waals surface area contributed by atoms with Crippen LogP contribution in [0.5, 0.6) is 0 Å². The van der Waals surface area contributed by atoms with Gasteiger partial charge in [-0.15, -0.1) is 0 Å². The van der Waals surface area contributed by atoms with E-state index in [9.17, 15) is 0 Å². The van der Waals surface area contributed by atoms with E-state index in [-0.39, 0.29) is 0 Å². The zero-order chi connectivity index (χ0) is 13.6. The fourth-order valence-electron chi connectivity index (χ4n) is 3.33. The molecule has 0 atom stereocenters. The van der Waals surface area contributed by atoms with Crippen molar-refractivity contribution in [2.24, 2.45) is 0 Å². The maximum Gasteiger partial charge on any atom is 0.0397 e. The number of nitrogens with one attached hydrogen (secondary N) is 1. The number of anilines is 1. The minimum atomic E-state index is 0.704. The van der Waals surface area contributed by atoms with Crippen LogP contribution in [0, 0.1) is 0 Å². The zero-order valence-corrected chi connectivity index (χ0v) is 12.3. The molecule has 2 aliphatic rings. The van der Waals surface area contributed by atoms with Gasteiger partial charge < -0.3 is 15.1 Å². The van der Waals surface area contributed by atoms with E-state index < -0.39 is 0 Å². The Hall–Kier alpha value is -1.13. The average Bonchev–Trinajstić information content (AvgIpc) is 3.02. The Morgan fingerprint density at radius 2 is 1.75 bits per heavy atom. The lowest BCUT2D eigenvalue weighted by molar-refractivity contribution is 0.317. The number of likely N-dealkylation sites (tertiary alicyclic amines) is 1. The number of nitrogens with zero attached hydrogens (tertiary/aromatic N) is 3. The second-order valence-corrected chi connectivity index (χ2v) is 5.97. The molecule has 1 aromatic rings. The van der Waals surface area contributed by atoms with Crippen molar-refractivity contribution in [1.29, 1.82) is 0 Å². The molecule has 0 aliphatic carbocycles. The molecule has 3 rings (SSSR count). The summed E-state index contributed by atoms with van der Waals surface area (Å²) in [6.07, 6.45) is 9.06. The quantitative estimate of drug-likeness (QED) is 0.886. The lowest BCUT2D eigenvalue weighted by Gasteiger charge is -2.34. The first-order valence-corrected chi connectivity index (χ1v) is 8.02. The molecule has 0 spiro atoms. The van der Waals surface area contributed by atoms with Gasteiger partial charge in [0.25, 0.3) is 0 Å². The van der Waals surface area contributed by atoms with Gasteiger partial charge in [0, 0.05) is 50.3 Å². The molecule has 3 heterocycles. The Bertz CT molecular complexity index is 381. The summed E-state index contributed by atoms with van der Waals surface area (Å²) in [4.78, 5) is 9.14. The second-order valence-electron chi connectivity index (χ2n) is 5.97. The van der Waals surface area contributed by atoms with E-state index in [0.29, 0.717) is 6.04 Å². The molecule has 2 aliphatic heterocycles. The third-order valence-corrected chi connectivity index (χ3v) is 4.58. The Balaban J connectivity index is 1.36. The van der Waals surface area contributed by atoms with E-state index in [1.54, 1.807) is 0 Å². The molecule has 0 bridgehead atoms. The van der Waals surface area contributed by atoms with Crippen molar-refractivity contribution in [2.75, 3.05) is 44.2 Å². The predicted octanol–water partition coefficient (Wildman–Crippen LogP) is 1.74. The number of hydrogen-bond donors (Lipinski definition) is 1. The molecule has 2 saturated heterocycles. The SMILES string of the molecule is c1cc(N2CCC(NCCN3CCCC3)CC2)ccn1. The van der Waals surface area contributed by atoms with Crippen molar-refractivity contribution in [2.45, 2.75) is 31.7 Å². The highest BCUT2D eigenvalue weighted by Gasteiger charge is 2.19. The van der Waals surface area contributed by atoms with E-state index in [1.165, 1.54) is 51.0 Å². The predicted molar refractivity (Wildman–Crippen MR) is 83.1 cm³/mol. The maximum atomic E-state index is 4.09. The van der Waals surface area contributed by atoms with Crippen LogP contribution in [0.2, 0.25) is 0 Å². The van der Waals surface area contributed by atoms with Crippen LogP contribution in [-0.2, 0) is 0 Å². The Kier molecular flexibility index (Phi) is 4.87. The Morgan fingerprint density at radius 3 is 2.45 bits per heavy atom. The topological polar surface area (TPSA) is 31.4 Å². The van der Waals surface area contributed by atoms with Crippen LogP contribution in [0.3, 0.4) is 0 Å². The van der Waals surface area contributed by atoms with E-state index in [1.807, 2.05) is 12.4 Å². The van der Waals surface area contributed by atoms with Crippen LogP contribution in [0.4, 0.5) is 5.69 Å². The largest absolute Gasteiger partial charge is 0.371 e. The Morgan fingerprint density at radius 1 is 1.05 bits per heavy atom. The standard InChI is InChI=1S/C16H26N4/c1-2-11-19(10-1)14-9-18-15-5-12-20(13-6-15)16-3-7-17-8-4-16/h3-4,7-8,15,18H,1-2,5-6,9-14H2. The highest BCUT2D eigenvalue weighted by atomic mass is 15.2. The van der Waals surface area contributed by atoms with Crippen molar-refractivity contribution < 1.29 is 0 Å². The fourth-order valence-corrected chi connectivity index (χ4v) is 3.33. The smallest absolute Gasteiger partial charge is 0.0397 e. The molecule has 1 N–H and O–H groups in total. The molecular weight excluding hydrogens is 248 g/mol. The van der Waals surface area contributed by atoms with Crippen molar-refractivity contribution in [3.8, 4) is 0 Å². The van der Waals surface area contributed by atoms with Gasteiger partial charge in [0.05, 0.1) is 0 Å². The summed E-state index contributed by atoms with van der Waals surface area (Å²) < 4.78 is 0. The lowest BCUT2D eigenvalue weighted by atomic mass is 10.0. The van der Waals surface area contributed by atoms with Crippen molar-refractivity contribution in [3.63, 3.8) is 0 Å². The summed E-state index contributed by atoms with van der Waals surface area (Å²) >= 11 is 0. The van der Waals surface area contributed by atoms with Gasteiger partial charge in [0.1, 0.15) is 0 Å². The second kappa shape index (κ2) is 7.04. The van der Waals surface area contributed by atoms with Gasteiger partial charge in [-0.05, 0) is 50.9 Å². The molecule has 4 heteroatoms. The molecule has 0 aromatic carbocycles. The molecule has 1 aromatic heterocycles. The average molecular weight is 274 g/mol. The first-order chi connectivity index (χ1) is 9.92. The summed E-state index contributed by atoms with van der Waals surface area (Å²) in [5.41, 5.74) is 1.32. The normalized spacial score (nSPS) is 21.5. The van der Waals surface area contributed by atoms with E-state index in [2.05, 4.69) is 32.2 Å². The van der Waals surface area contributed by atoms with E-state index >= 15 is 0 Å². The number of aromatic nitrogens is 1. The summed E-state index contributed by atoms with van der Waals surface area (Å²) in [7, 11) is 0. The molecule has 4 nitrogen and oxygen atoms in total. The lowest BCUT2D eigenvalue weighted by Crippen LogP contribution is -2.44. The monoisotopic (exact) mass is 274 g/mol. The molecule has 20 heavy (non-hydrogen) atoms. The summed E-state index contributed by atoms with van der Waals surface area (Å²) in [5, 5.41) is 3.74. The molecule has 110 valence electrons. The number of piperidine rings is 1. The first kappa shape index (κ1) is 13.8. The third kappa shape index (κ3) is 3.70. The molecule has 2 fully saturated rings. The molecule has 0 radical (unpaired) electrons. The van der Waals surface area contributed by atoms with Gasteiger partial charge in [-0.2, -0.15) is 0 Å². The minimum absolute atomic E-state index is 0.704. The third-order valence-electron chi connectivity index (χ3n) is 4.58. The summed E-state index contributed by atoms with van der Waals surface area (Å²) in [5.74, 6) is 0. The van der Waals surface area contributed by atoms with Gasteiger partial charge in [-0.1, -0.05) is 0 Å². The van der Waals surface area contributed by atoms with Crippen LogP contribution in [0.1, 0.15) is 25.7 Å². The van der Waals surface area contributed by atoms with Gasteiger partial charge in [-0.3, -0.25) is 4.98 Å². The zero-order valence-electron chi connectivity index (χ0n) is 12.3. The summed E-state index contributed by atoms with van der Waals surface area (Å²) in [6, 6.07) is 4.93. The van der Waals surface area contributed by atoms with Crippen molar-refractivity contribution in [1.82, 2.24) is 15.2 Å². The molecular formula is C16H26N4. The van der Waals surface area contributed by atoms with Gasteiger partial charge in [0.15, 0.2) is 0 Å².